The maximum absolute atomic E-state index is 11.5. The van der Waals surface area contributed by atoms with Gasteiger partial charge >= 0.3 is 10.4 Å². The summed E-state index contributed by atoms with van der Waals surface area (Å²) in [5.74, 6) is -0.617. The van der Waals surface area contributed by atoms with Crippen molar-refractivity contribution >= 4 is 22.0 Å². The summed E-state index contributed by atoms with van der Waals surface area (Å²) >= 11 is 0. The van der Waals surface area contributed by atoms with Crippen molar-refractivity contribution in [3.05, 3.63) is 34.4 Å². The van der Waals surface area contributed by atoms with Crippen LogP contribution in [0.2, 0.25) is 0 Å². The third kappa shape index (κ3) is 5.57. The molecule has 0 bridgehead atoms. The maximum Gasteiger partial charge on any atom is 0.397 e. The molecule has 0 aliphatic carbocycles. The molecule has 5 atom stereocenters. The van der Waals surface area contributed by atoms with Crippen molar-refractivity contribution in [3.8, 4) is 5.75 Å². The van der Waals surface area contributed by atoms with Crippen LogP contribution < -0.4 is 10.1 Å². The van der Waals surface area contributed by atoms with Crippen LogP contribution in [0.5, 0.6) is 5.75 Å². The number of carbonyl (C=O) groups excluding carboxylic acids is 1. The van der Waals surface area contributed by atoms with Crippen LogP contribution in [0, 0.1) is 10.1 Å². The highest BCUT2D eigenvalue weighted by Crippen LogP contribution is 2.28. The molecular weight excluding hydrogens is 404 g/mol. The zero-order valence-corrected chi connectivity index (χ0v) is 15.2. The van der Waals surface area contributed by atoms with Gasteiger partial charge in [0.2, 0.25) is 12.2 Å². The van der Waals surface area contributed by atoms with Crippen LogP contribution in [-0.2, 0) is 24.1 Å². The Balaban J connectivity index is 2.33. The number of nitrogens with zero attached hydrogens (tertiary/aromatic N) is 1. The Labute approximate surface area is 158 Å². The van der Waals surface area contributed by atoms with E-state index in [0.29, 0.717) is 0 Å². The molecule has 28 heavy (non-hydrogen) atoms. The van der Waals surface area contributed by atoms with E-state index in [2.05, 4.69) is 9.50 Å². The van der Waals surface area contributed by atoms with E-state index in [1.807, 2.05) is 0 Å². The third-order valence-corrected chi connectivity index (χ3v) is 4.22. The van der Waals surface area contributed by atoms with Crippen molar-refractivity contribution in [2.75, 3.05) is 6.61 Å². The average molecular weight is 422 g/mol. The first kappa shape index (κ1) is 21.9. The van der Waals surface area contributed by atoms with Gasteiger partial charge in [-0.2, -0.15) is 8.42 Å². The van der Waals surface area contributed by atoms with Crippen molar-refractivity contribution in [2.24, 2.45) is 0 Å². The molecule has 0 aromatic heterocycles. The fourth-order valence-electron chi connectivity index (χ4n) is 2.59. The maximum atomic E-state index is 11.5. The smallest absolute Gasteiger partial charge is 0.397 e. The second kappa shape index (κ2) is 8.76. The zero-order valence-electron chi connectivity index (χ0n) is 14.4. The van der Waals surface area contributed by atoms with Crippen LogP contribution in [0.25, 0.3) is 0 Å². The summed E-state index contributed by atoms with van der Waals surface area (Å²) in [7, 11) is -5.05. The second-order valence-corrected chi connectivity index (χ2v) is 6.85. The van der Waals surface area contributed by atoms with Crippen molar-refractivity contribution in [2.45, 2.75) is 37.6 Å². The lowest BCUT2D eigenvalue weighted by Crippen LogP contribution is -2.66. The summed E-state index contributed by atoms with van der Waals surface area (Å²) in [4.78, 5) is 21.6. The molecule has 1 aliphatic heterocycles. The van der Waals surface area contributed by atoms with Crippen molar-refractivity contribution in [3.63, 3.8) is 0 Å². The molecule has 13 nitrogen and oxygen atoms in total. The number of rotatable bonds is 7. The fourth-order valence-corrected chi connectivity index (χ4v) is 3.11. The minimum Gasteiger partial charge on any atom is -0.463 e. The van der Waals surface area contributed by atoms with Crippen LogP contribution in [0.4, 0.5) is 5.69 Å². The van der Waals surface area contributed by atoms with Gasteiger partial charge in [0, 0.05) is 19.1 Å². The van der Waals surface area contributed by atoms with Gasteiger partial charge in [0.15, 0.2) is 0 Å². The number of amides is 1. The summed E-state index contributed by atoms with van der Waals surface area (Å²) in [6, 6.07) is 3.30. The number of hydrogen-bond acceptors (Lipinski definition) is 10. The average Bonchev–Trinajstić information content (AvgIpc) is 2.59. The minimum absolute atomic E-state index is 0.0460. The SMILES string of the molecule is CC(=O)N[C@H]1[C@H](Oc2ccc([N+](=O)[O-])cc2)O[C@H](CO)[C@@H](O)[C@@H]1OS(=O)(=O)O. The highest BCUT2D eigenvalue weighted by molar-refractivity contribution is 7.80. The Morgan fingerprint density at radius 1 is 1.36 bits per heavy atom. The predicted molar refractivity (Wildman–Crippen MR) is 89.5 cm³/mol. The van der Waals surface area contributed by atoms with E-state index in [-0.39, 0.29) is 11.4 Å². The van der Waals surface area contributed by atoms with Crippen molar-refractivity contribution < 1.29 is 46.6 Å². The van der Waals surface area contributed by atoms with Crippen LogP contribution in [0.1, 0.15) is 6.92 Å². The molecule has 1 aromatic rings. The van der Waals surface area contributed by atoms with Crippen LogP contribution in [-0.4, -0.2) is 71.3 Å². The molecule has 0 radical (unpaired) electrons. The quantitative estimate of drug-likeness (QED) is 0.233. The summed E-state index contributed by atoms with van der Waals surface area (Å²) in [5, 5.41) is 32.5. The number of carbonyl (C=O) groups is 1. The van der Waals surface area contributed by atoms with E-state index < -0.39 is 58.5 Å². The minimum atomic E-state index is -5.05. The molecule has 1 amide bonds. The number of non-ortho nitro benzene ring substituents is 1. The molecule has 4 N–H and O–H groups in total. The number of ether oxygens (including phenoxy) is 2. The van der Waals surface area contributed by atoms with Crippen molar-refractivity contribution in [1.82, 2.24) is 5.32 Å². The topological polar surface area (TPSA) is 195 Å². The Kier molecular flexibility index (Phi) is 6.87. The zero-order chi connectivity index (χ0) is 21.1. The lowest BCUT2D eigenvalue weighted by atomic mass is 9.97. The molecule has 1 heterocycles. The number of nitro benzene ring substituents is 1. The van der Waals surface area contributed by atoms with Gasteiger partial charge in [-0.3, -0.25) is 19.5 Å². The van der Waals surface area contributed by atoms with E-state index in [4.69, 9.17) is 14.0 Å². The molecular formula is C14H18N2O11S. The van der Waals surface area contributed by atoms with Gasteiger partial charge < -0.3 is 25.0 Å². The van der Waals surface area contributed by atoms with E-state index in [1.54, 1.807) is 0 Å². The molecule has 156 valence electrons. The van der Waals surface area contributed by atoms with E-state index in [1.165, 1.54) is 12.1 Å². The van der Waals surface area contributed by atoms with Crippen LogP contribution in [0.15, 0.2) is 24.3 Å². The lowest BCUT2D eigenvalue weighted by molar-refractivity contribution is -0.384. The summed E-state index contributed by atoms with van der Waals surface area (Å²) < 4.78 is 46.6. The second-order valence-electron chi connectivity index (χ2n) is 5.80. The molecule has 0 unspecified atom stereocenters. The summed E-state index contributed by atoms with van der Waals surface area (Å²) in [6.07, 6.45) is -6.36. The Morgan fingerprint density at radius 2 is 1.96 bits per heavy atom. The van der Waals surface area contributed by atoms with Crippen molar-refractivity contribution in [1.29, 1.82) is 0 Å². The summed E-state index contributed by atoms with van der Waals surface area (Å²) in [5.41, 5.74) is -0.216. The standard InChI is InChI=1S/C14H18N2O11S/c1-7(18)15-11-13(27-28(22,23)24)12(19)10(6-17)26-14(11)25-9-4-2-8(3-5-9)16(20)21/h2-5,10-14,17,19H,6H2,1H3,(H,15,18)(H,22,23,24)/t10-,11-,12-,13-,14-/m1/s1. The number of aliphatic hydroxyl groups excluding tert-OH is 2. The molecule has 0 spiro atoms. The van der Waals surface area contributed by atoms with Crippen LogP contribution in [0.3, 0.4) is 0 Å². The predicted octanol–water partition coefficient (Wildman–Crippen LogP) is -1.26. The number of hydrogen-bond donors (Lipinski definition) is 4. The molecule has 0 saturated carbocycles. The molecule has 1 fully saturated rings. The lowest BCUT2D eigenvalue weighted by Gasteiger charge is -2.43. The van der Waals surface area contributed by atoms with E-state index in [9.17, 15) is 33.5 Å². The molecule has 2 rings (SSSR count). The van der Waals surface area contributed by atoms with Gasteiger partial charge in [0.25, 0.3) is 5.69 Å². The largest absolute Gasteiger partial charge is 0.463 e. The number of aliphatic hydroxyl groups is 2. The van der Waals surface area contributed by atoms with Gasteiger partial charge in [-0.15, -0.1) is 0 Å². The molecule has 1 aromatic carbocycles. The third-order valence-electron chi connectivity index (χ3n) is 3.76. The fraction of sp³-hybridized carbons (Fsp3) is 0.500. The first-order chi connectivity index (χ1) is 13.0. The van der Waals surface area contributed by atoms with E-state index >= 15 is 0 Å². The van der Waals surface area contributed by atoms with Crippen LogP contribution >= 0.6 is 0 Å². The van der Waals surface area contributed by atoms with Gasteiger partial charge in [-0.05, 0) is 12.1 Å². The Morgan fingerprint density at radius 3 is 2.43 bits per heavy atom. The van der Waals surface area contributed by atoms with Gasteiger partial charge in [-0.25, -0.2) is 4.18 Å². The first-order valence-corrected chi connectivity index (χ1v) is 9.16. The summed E-state index contributed by atoms with van der Waals surface area (Å²) in [6.45, 7) is 0.331. The number of nitrogens with one attached hydrogen (secondary N) is 1. The Bertz CT molecular complexity index is 813. The monoisotopic (exact) mass is 422 g/mol. The highest BCUT2D eigenvalue weighted by Gasteiger charge is 2.49. The van der Waals surface area contributed by atoms with Gasteiger partial charge in [0.1, 0.15) is 30.1 Å². The Hall–Kier alpha value is -2.36. The van der Waals surface area contributed by atoms with Gasteiger partial charge in [-0.1, -0.05) is 0 Å². The molecule has 1 saturated heterocycles. The molecule has 14 heteroatoms. The number of nitro groups is 1. The number of benzene rings is 1. The first-order valence-electron chi connectivity index (χ1n) is 7.80. The highest BCUT2D eigenvalue weighted by atomic mass is 32.3. The van der Waals surface area contributed by atoms with Gasteiger partial charge in [0.05, 0.1) is 11.5 Å². The molecule has 1 aliphatic rings. The van der Waals surface area contributed by atoms with E-state index in [0.717, 1.165) is 19.1 Å². The normalized spacial score (nSPS) is 27.8.